The lowest BCUT2D eigenvalue weighted by Crippen LogP contribution is -2.35. The molecule has 0 saturated heterocycles. The SMILES string of the molecule is CC(C)[C@H](N)C(=O)O.N#CNC(Cc1ccccc1)C(=O)O. The van der Waals surface area contributed by atoms with Gasteiger partial charge in [0, 0.05) is 6.42 Å². The Morgan fingerprint density at radius 1 is 1.23 bits per heavy atom. The molecule has 0 bridgehead atoms. The Morgan fingerprint density at radius 2 is 1.77 bits per heavy atom. The Balaban J connectivity index is 0.000000472. The highest BCUT2D eigenvalue weighted by molar-refractivity contribution is 5.74. The van der Waals surface area contributed by atoms with Crippen LogP contribution in [0, 0.1) is 17.4 Å². The van der Waals surface area contributed by atoms with Gasteiger partial charge in [-0.2, -0.15) is 5.26 Å². The molecule has 1 unspecified atom stereocenters. The van der Waals surface area contributed by atoms with Crippen LogP contribution in [0.25, 0.3) is 0 Å². The van der Waals surface area contributed by atoms with E-state index in [9.17, 15) is 9.59 Å². The van der Waals surface area contributed by atoms with Gasteiger partial charge in [-0.15, -0.1) is 0 Å². The lowest BCUT2D eigenvalue weighted by Gasteiger charge is -2.09. The minimum atomic E-state index is -1.02. The van der Waals surface area contributed by atoms with Crippen molar-refractivity contribution in [1.29, 1.82) is 5.26 Å². The molecule has 5 N–H and O–H groups in total. The third-order valence-electron chi connectivity index (χ3n) is 2.82. The molecule has 0 fully saturated rings. The Hall–Kier alpha value is -2.59. The van der Waals surface area contributed by atoms with Crippen molar-refractivity contribution in [2.24, 2.45) is 11.7 Å². The van der Waals surface area contributed by atoms with Crippen molar-refractivity contribution < 1.29 is 19.8 Å². The van der Waals surface area contributed by atoms with E-state index < -0.39 is 24.0 Å². The molecule has 0 saturated carbocycles. The summed E-state index contributed by atoms with van der Waals surface area (Å²) in [6.07, 6.45) is 1.95. The predicted molar refractivity (Wildman–Crippen MR) is 80.8 cm³/mol. The van der Waals surface area contributed by atoms with Gasteiger partial charge in [-0.3, -0.25) is 4.79 Å². The van der Waals surface area contributed by atoms with E-state index in [1.807, 2.05) is 30.3 Å². The van der Waals surface area contributed by atoms with Gasteiger partial charge in [-0.25, -0.2) is 4.79 Å². The Bertz CT molecular complexity index is 511. The maximum absolute atomic E-state index is 10.7. The molecular formula is C15H21N3O4. The second kappa shape index (κ2) is 10.2. The van der Waals surface area contributed by atoms with Crippen LogP contribution >= 0.6 is 0 Å². The zero-order valence-corrected chi connectivity index (χ0v) is 12.6. The molecule has 0 aliphatic rings. The van der Waals surface area contributed by atoms with Crippen LogP contribution in [0.15, 0.2) is 30.3 Å². The highest BCUT2D eigenvalue weighted by atomic mass is 16.4. The molecule has 120 valence electrons. The van der Waals surface area contributed by atoms with E-state index in [0.717, 1.165) is 5.56 Å². The second-order valence-corrected chi connectivity index (χ2v) is 4.94. The summed E-state index contributed by atoms with van der Waals surface area (Å²) in [7, 11) is 0. The second-order valence-electron chi connectivity index (χ2n) is 4.94. The molecule has 7 nitrogen and oxygen atoms in total. The number of carboxylic acid groups (broad SMARTS) is 2. The van der Waals surface area contributed by atoms with Crippen molar-refractivity contribution in [3.05, 3.63) is 35.9 Å². The van der Waals surface area contributed by atoms with Gasteiger partial charge in [0.1, 0.15) is 12.1 Å². The number of carboxylic acids is 2. The molecule has 0 aromatic heterocycles. The number of hydrogen-bond donors (Lipinski definition) is 4. The smallest absolute Gasteiger partial charge is 0.327 e. The number of nitrogens with two attached hydrogens (primary N) is 1. The Morgan fingerprint density at radius 3 is 2.09 bits per heavy atom. The summed E-state index contributed by atoms with van der Waals surface area (Å²) < 4.78 is 0. The molecule has 2 atom stereocenters. The molecular weight excluding hydrogens is 286 g/mol. The molecule has 1 aromatic carbocycles. The molecule has 0 aliphatic heterocycles. The monoisotopic (exact) mass is 307 g/mol. The molecule has 0 amide bonds. The maximum atomic E-state index is 10.7. The minimum Gasteiger partial charge on any atom is -0.480 e. The van der Waals surface area contributed by atoms with Gasteiger partial charge < -0.3 is 21.3 Å². The first-order valence-corrected chi connectivity index (χ1v) is 6.69. The molecule has 7 heteroatoms. The highest BCUT2D eigenvalue weighted by Crippen LogP contribution is 2.02. The lowest BCUT2D eigenvalue weighted by atomic mass is 10.1. The first kappa shape index (κ1) is 19.4. The lowest BCUT2D eigenvalue weighted by molar-refractivity contribution is -0.140. The fourth-order valence-corrected chi connectivity index (χ4v) is 1.41. The number of rotatable bonds is 6. The van der Waals surface area contributed by atoms with Crippen molar-refractivity contribution in [3.63, 3.8) is 0 Å². The summed E-state index contributed by atoms with van der Waals surface area (Å²) >= 11 is 0. The number of nitriles is 1. The van der Waals surface area contributed by atoms with Crippen LogP contribution in [-0.4, -0.2) is 34.2 Å². The first-order chi connectivity index (χ1) is 10.3. The van der Waals surface area contributed by atoms with Crippen LogP contribution in [-0.2, 0) is 16.0 Å². The topological polar surface area (TPSA) is 136 Å². The minimum absolute atomic E-state index is 0.0208. The number of hydrogen-bond acceptors (Lipinski definition) is 5. The first-order valence-electron chi connectivity index (χ1n) is 6.69. The number of nitrogens with one attached hydrogen (secondary N) is 1. The van der Waals surface area contributed by atoms with Crippen molar-refractivity contribution >= 4 is 11.9 Å². The van der Waals surface area contributed by atoms with Crippen molar-refractivity contribution in [1.82, 2.24) is 5.32 Å². The van der Waals surface area contributed by atoms with Crippen molar-refractivity contribution in [3.8, 4) is 6.19 Å². The summed E-state index contributed by atoms with van der Waals surface area (Å²) in [5, 5.41) is 27.6. The number of aliphatic carboxylic acids is 2. The van der Waals surface area contributed by atoms with E-state index in [1.54, 1.807) is 20.0 Å². The van der Waals surface area contributed by atoms with Crippen LogP contribution < -0.4 is 11.1 Å². The average Bonchev–Trinajstić information content (AvgIpc) is 2.47. The highest BCUT2D eigenvalue weighted by Gasteiger charge is 2.16. The molecule has 0 heterocycles. The van der Waals surface area contributed by atoms with Crippen LogP contribution in [0.2, 0.25) is 0 Å². The van der Waals surface area contributed by atoms with Gasteiger partial charge >= 0.3 is 11.9 Å². The summed E-state index contributed by atoms with van der Waals surface area (Å²) in [6, 6.07) is 7.62. The molecule has 1 aromatic rings. The molecule has 0 spiro atoms. The number of carbonyl (C=O) groups is 2. The third kappa shape index (κ3) is 7.87. The van der Waals surface area contributed by atoms with Crippen LogP contribution in [0.1, 0.15) is 19.4 Å². The van der Waals surface area contributed by atoms with E-state index in [4.69, 9.17) is 21.2 Å². The largest absolute Gasteiger partial charge is 0.480 e. The van der Waals surface area contributed by atoms with E-state index in [-0.39, 0.29) is 5.92 Å². The molecule has 0 aliphatic carbocycles. The summed E-state index contributed by atoms with van der Waals surface area (Å²) in [5.41, 5.74) is 6.05. The normalized spacial score (nSPS) is 12.3. The third-order valence-corrected chi connectivity index (χ3v) is 2.82. The Labute approximate surface area is 129 Å². The van der Waals surface area contributed by atoms with Gasteiger partial charge in [-0.1, -0.05) is 44.2 Å². The van der Waals surface area contributed by atoms with Gasteiger partial charge in [0.2, 0.25) is 0 Å². The fraction of sp³-hybridized carbons (Fsp3) is 0.400. The van der Waals surface area contributed by atoms with E-state index >= 15 is 0 Å². The van der Waals surface area contributed by atoms with E-state index in [2.05, 4.69) is 5.32 Å². The fourth-order valence-electron chi connectivity index (χ4n) is 1.41. The zero-order chi connectivity index (χ0) is 17.1. The number of benzene rings is 1. The molecule has 1 rings (SSSR count). The van der Waals surface area contributed by atoms with Crippen LogP contribution in [0.3, 0.4) is 0 Å². The molecule has 0 radical (unpaired) electrons. The van der Waals surface area contributed by atoms with Crippen LogP contribution in [0.5, 0.6) is 0 Å². The standard InChI is InChI=1S/C10H10N2O2.C5H11NO2/c11-7-12-9(10(13)14)6-8-4-2-1-3-5-8;1-3(2)4(6)5(7)8/h1-5,9,12H,6H2,(H,13,14);3-4H,6H2,1-2H3,(H,7,8)/t;4-/m.0/s1. The van der Waals surface area contributed by atoms with Gasteiger partial charge in [0.25, 0.3) is 0 Å². The summed E-state index contributed by atoms with van der Waals surface area (Å²) in [4.78, 5) is 20.7. The van der Waals surface area contributed by atoms with Crippen LogP contribution in [0.4, 0.5) is 0 Å². The average molecular weight is 307 g/mol. The number of nitrogens with zero attached hydrogens (tertiary/aromatic N) is 1. The van der Waals surface area contributed by atoms with E-state index in [0.29, 0.717) is 6.42 Å². The maximum Gasteiger partial charge on any atom is 0.327 e. The predicted octanol–water partition coefficient (Wildman–Crippen LogP) is 0.807. The van der Waals surface area contributed by atoms with Crippen molar-refractivity contribution in [2.75, 3.05) is 0 Å². The van der Waals surface area contributed by atoms with Gasteiger partial charge in [0.05, 0.1) is 0 Å². The van der Waals surface area contributed by atoms with E-state index in [1.165, 1.54) is 0 Å². The van der Waals surface area contributed by atoms with Gasteiger partial charge in [0.15, 0.2) is 6.19 Å². The van der Waals surface area contributed by atoms with Gasteiger partial charge in [-0.05, 0) is 11.5 Å². The molecule has 22 heavy (non-hydrogen) atoms. The summed E-state index contributed by atoms with van der Waals surface area (Å²) in [5.74, 6) is -1.93. The van der Waals surface area contributed by atoms with Crippen molar-refractivity contribution in [2.45, 2.75) is 32.4 Å². The quantitative estimate of drug-likeness (QED) is 0.451. The summed E-state index contributed by atoms with van der Waals surface area (Å²) in [6.45, 7) is 3.55. The zero-order valence-electron chi connectivity index (χ0n) is 12.6. The Kier molecular flexibility index (Phi) is 8.98.